The van der Waals surface area contributed by atoms with Gasteiger partial charge in [0.1, 0.15) is 17.4 Å². The van der Waals surface area contributed by atoms with E-state index in [1.807, 2.05) is 48.7 Å². The van der Waals surface area contributed by atoms with Crippen LogP contribution in [0, 0.1) is 0 Å². The molecule has 1 aliphatic rings. The molecule has 2 aromatic heterocycles. The Kier molecular flexibility index (Phi) is 4.31. The molecule has 0 saturated carbocycles. The fourth-order valence-electron chi connectivity index (χ4n) is 3.55. The van der Waals surface area contributed by atoms with Gasteiger partial charge in [0.05, 0.1) is 4.88 Å². The first-order valence-electron chi connectivity index (χ1n) is 8.81. The summed E-state index contributed by atoms with van der Waals surface area (Å²) in [4.78, 5) is 28.5. The highest BCUT2D eigenvalue weighted by Crippen LogP contribution is 2.33. The van der Waals surface area contributed by atoms with E-state index in [2.05, 4.69) is 5.10 Å². The summed E-state index contributed by atoms with van der Waals surface area (Å²) in [6.45, 7) is 3.71. The molecule has 7 heteroatoms. The first-order chi connectivity index (χ1) is 13.0. The van der Waals surface area contributed by atoms with Crippen molar-refractivity contribution in [2.24, 2.45) is 0 Å². The Bertz CT molecular complexity index is 1060. The highest BCUT2D eigenvalue weighted by atomic mass is 32.1. The van der Waals surface area contributed by atoms with Crippen LogP contribution in [-0.4, -0.2) is 21.7 Å². The van der Waals surface area contributed by atoms with Crippen LogP contribution in [0.25, 0.3) is 10.6 Å². The second-order valence-electron chi connectivity index (χ2n) is 6.78. The molecule has 0 saturated heterocycles. The third kappa shape index (κ3) is 2.94. The maximum atomic E-state index is 13.3. The molecular formula is C20H20N4O2S. The monoisotopic (exact) mass is 380 g/mol. The molecule has 2 unspecified atom stereocenters. The van der Waals surface area contributed by atoms with Gasteiger partial charge in [0.15, 0.2) is 0 Å². The number of amides is 1. The molecule has 6 nitrogen and oxygen atoms in total. The van der Waals surface area contributed by atoms with E-state index >= 15 is 0 Å². The first kappa shape index (κ1) is 17.5. The van der Waals surface area contributed by atoms with Crippen molar-refractivity contribution in [2.75, 3.05) is 10.6 Å². The molecule has 0 bridgehead atoms. The zero-order valence-corrected chi connectivity index (χ0v) is 15.9. The number of rotatable bonds is 3. The SMILES string of the molecule is CC1Cc2ccccc2N1C(=O)C(C)n1nc(-c2cccs2)cc(N)c1=O. The summed E-state index contributed by atoms with van der Waals surface area (Å²) >= 11 is 1.51. The van der Waals surface area contributed by atoms with E-state index in [1.54, 1.807) is 17.9 Å². The van der Waals surface area contributed by atoms with Crippen molar-refractivity contribution in [3.8, 4) is 10.6 Å². The van der Waals surface area contributed by atoms with Crippen LogP contribution in [0.3, 0.4) is 0 Å². The van der Waals surface area contributed by atoms with Crippen LogP contribution in [0.15, 0.2) is 52.6 Å². The zero-order chi connectivity index (χ0) is 19.1. The molecule has 1 amide bonds. The number of thiophene rings is 1. The predicted octanol–water partition coefficient (Wildman–Crippen LogP) is 3.09. The molecule has 3 heterocycles. The Morgan fingerprint density at radius 1 is 1.30 bits per heavy atom. The van der Waals surface area contributed by atoms with Crippen molar-refractivity contribution >= 4 is 28.6 Å². The molecule has 4 rings (SSSR count). The Morgan fingerprint density at radius 3 is 2.81 bits per heavy atom. The number of anilines is 2. The lowest BCUT2D eigenvalue weighted by Crippen LogP contribution is -2.43. The Morgan fingerprint density at radius 2 is 2.07 bits per heavy atom. The predicted molar refractivity (Wildman–Crippen MR) is 108 cm³/mol. The number of aromatic nitrogens is 2. The van der Waals surface area contributed by atoms with E-state index in [0.717, 1.165) is 22.5 Å². The number of carbonyl (C=O) groups is 1. The largest absolute Gasteiger partial charge is 0.394 e. The van der Waals surface area contributed by atoms with Crippen molar-refractivity contribution in [3.63, 3.8) is 0 Å². The molecule has 138 valence electrons. The van der Waals surface area contributed by atoms with Crippen molar-refractivity contribution < 1.29 is 4.79 Å². The van der Waals surface area contributed by atoms with Crippen LogP contribution in [0.2, 0.25) is 0 Å². The van der Waals surface area contributed by atoms with Gasteiger partial charge in [0, 0.05) is 11.7 Å². The lowest BCUT2D eigenvalue weighted by molar-refractivity contribution is -0.121. The van der Waals surface area contributed by atoms with E-state index in [1.165, 1.54) is 16.0 Å². The molecule has 1 aromatic carbocycles. The summed E-state index contributed by atoms with van der Waals surface area (Å²) in [5, 5.41) is 6.37. The number of nitrogens with zero attached hydrogens (tertiary/aromatic N) is 3. The molecule has 27 heavy (non-hydrogen) atoms. The van der Waals surface area contributed by atoms with Crippen molar-refractivity contribution in [3.05, 3.63) is 63.8 Å². The number of carbonyl (C=O) groups excluding carboxylic acids is 1. The van der Waals surface area contributed by atoms with E-state index in [4.69, 9.17) is 5.73 Å². The Labute approximate surface area is 160 Å². The number of fused-ring (bicyclic) bond motifs is 1. The lowest BCUT2D eigenvalue weighted by atomic mass is 10.1. The van der Waals surface area contributed by atoms with Crippen LogP contribution in [0.5, 0.6) is 0 Å². The number of hydrogen-bond acceptors (Lipinski definition) is 5. The Hall–Kier alpha value is -2.93. The summed E-state index contributed by atoms with van der Waals surface area (Å²) in [7, 11) is 0. The van der Waals surface area contributed by atoms with Gasteiger partial charge in [-0.25, -0.2) is 4.68 Å². The summed E-state index contributed by atoms with van der Waals surface area (Å²) < 4.78 is 1.21. The van der Waals surface area contributed by atoms with E-state index in [-0.39, 0.29) is 17.6 Å². The van der Waals surface area contributed by atoms with Crippen LogP contribution in [-0.2, 0) is 11.2 Å². The van der Waals surface area contributed by atoms with Crippen molar-refractivity contribution in [1.29, 1.82) is 0 Å². The Balaban J connectivity index is 1.74. The number of para-hydroxylation sites is 1. The number of nitrogens with two attached hydrogens (primary N) is 1. The molecule has 0 aliphatic carbocycles. The molecule has 3 aromatic rings. The van der Waals surface area contributed by atoms with E-state index in [0.29, 0.717) is 5.69 Å². The van der Waals surface area contributed by atoms with Gasteiger partial charge in [-0.3, -0.25) is 9.59 Å². The lowest BCUT2D eigenvalue weighted by Gasteiger charge is -2.26. The molecule has 2 N–H and O–H groups in total. The summed E-state index contributed by atoms with van der Waals surface area (Å²) in [6.07, 6.45) is 0.800. The van der Waals surface area contributed by atoms with Gasteiger partial charge >= 0.3 is 0 Å². The zero-order valence-electron chi connectivity index (χ0n) is 15.1. The summed E-state index contributed by atoms with van der Waals surface area (Å²) in [5.41, 5.74) is 8.20. The van der Waals surface area contributed by atoms with Gasteiger partial charge in [-0.2, -0.15) is 5.10 Å². The van der Waals surface area contributed by atoms with Gasteiger partial charge in [0.25, 0.3) is 11.5 Å². The molecule has 2 atom stereocenters. The molecule has 0 radical (unpaired) electrons. The molecule has 0 fully saturated rings. The first-order valence-corrected chi connectivity index (χ1v) is 9.69. The highest BCUT2D eigenvalue weighted by Gasteiger charge is 2.34. The van der Waals surface area contributed by atoms with Crippen LogP contribution < -0.4 is 16.2 Å². The van der Waals surface area contributed by atoms with Gasteiger partial charge < -0.3 is 10.6 Å². The number of hydrogen-bond donors (Lipinski definition) is 1. The average Bonchev–Trinajstić information content (AvgIpc) is 3.29. The van der Waals surface area contributed by atoms with Crippen LogP contribution in [0.1, 0.15) is 25.5 Å². The summed E-state index contributed by atoms with van der Waals surface area (Å²) in [6, 6.07) is 12.5. The maximum Gasteiger partial charge on any atom is 0.290 e. The second kappa shape index (κ2) is 6.66. The van der Waals surface area contributed by atoms with Gasteiger partial charge in [-0.05, 0) is 49.4 Å². The van der Waals surface area contributed by atoms with Crippen LogP contribution >= 0.6 is 11.3 Å². The summed E-state index contributed by atoms with van der Waals surface area (Å²) in [5.74, 6) is -0.162. The number of benzene rings is 1. The fourth-order valence-corrected chi connectivity index (χ4v) is 4.23. The minimum absolute atomic E-state index is 0.0332. The fraction of sp³-hybridized carbons (Fsp3) is 0.250. The minimum atomic E-state index is -0.756. The second-order valence-corrected chi connectivity index (χ2v) is 7.73. The third-order valence-corrected chi connectivity index (χ3v) is 5.80. The number of nitrogen functional groups attached to an aromatic ring is 1. The van der Waals surface area contributed by atoms with Crippen molar-refractivity contribution in [1.82, 2.24) is 9.78 Å². The van der Waals surface area contributed by atoms with Gasteiger partial charge in [-0.15, -0.1) is 11.3 Å². The molecule has 1 aliphatic heterocycles. The van der Waals surface area contributed by atoms with Crippen LogP contribution in [0.4, 0.5) is 11.4 Å². The topological polar surface area (TPSA) is 81.2 Å². The highest BCUT2D eigenvalue weighted by molar-refractivity contribution is 7.13. The van der Waals surface area contributed by atoms with Crippen molar-refractivity contribution in [2.45, 2.75) is 32.4 Å². The smallest absolute Gasteiger partial charge is 0.290 e. The average molecular weight is 380 g/mol. The maximum absolute atomic E-state index is 13.3. The van der Waals surface area contributed by atoms with Gasteiger partial charge in [0.2, 0.25) is 0 Å². The minimum Gasteiger partial charge on any atom is -0.394 e. The van der Waals surface area contributed by atoms with E-state index in [9.17, 15) is 9.59 Å². The third-order valence-electron chi connectivity index (χ3n) is 4.91. The quantitative estimate of drug-likeness (QED) is 0.757. The van der Waals surface area contributed by atoms with Gasteiger partial charge in [-0.1, -0.05) is 24.3 Å². The molecule has 0 spiro atoms. The normalized spacial score (nSPS) is 17.0. The van der Waals surface area contributed by atoms with E-state index < -0.39 is 11.6 Å². The standard InChI is InChI=1S/C20H20N4O2S/c1-12-10-14-6-3-4-7-17(14)23(12)19(25)13(2)24-20(26)15(21)11-16(22-24)18-8-5-9-27-18/h3-9,11-13H,10,21H2,1-2H3. The molecular weight excluding hydrogens is 360 g/mol.